The molecule has 0 bridgehead atoms. The first-order valence-electron chi connectivity index (χ1n) is 8.64. The molecule has 2 aromatic carbocycles. The van der Waals surface area contributed by atoms with E-state index in [4.69, 9.17) is 9.47 Å². The number of methoxy groups -OCH3 is 2. The van der Waals surface area contributed by atoms with E-state index < -0.39 is 14.9 Å². The van der Waals surface area contributed by atoms with Crippen molar-refractivity contribution in [2.75, 3.05) is 32.6 Å². The van der Waals surface area contributed by atoms with Gasteiger partial charge in [0.15, 0.2) is 0 Å². The molecule has 0 amide bonds. The Kier molecular flexibility index (Phi) is 5.71. The summed E-state index contributed by atoms with van der Waals surface area (Å²) in [5.41, 5.74) is 0.345. The Morgan fingerprint density at radius 2 is 1.64 bits per heavy atom. The lowest BCUT2D eigenvalue weighted by molar-refractivity contribution is -0.384. The van der Waals surface area contributed by atoms with Crippen molar-refractivity contribution in [2.45, 2.75) is 17.7 Å². The summed E-state index contributed by atoms with van der Waals surface area (Å²) in [6.45, 7) is 0.861. The number of hydrogen-bond donors (Lipinski definition) is 1. The van der Waals surface area contributed by atoms with E-state index in [1.165, 1.54) is 30.7 Å². The SMILES string of the molecule is COc1cc(Nc2ccc(S(=O)(=O)N3CCCC3)cc2[N+](=O)[O-])cc(OC)c1. The number of benzene rings is 2. The minimum atomic E-state index is -3.74. The van der Waals surface area contributed by atoms with Crippen molar-refractivity contribution >= 4 is 27.1 Å². The Morgan fingerprint density at radius 3 is 2.18 bits per heavy atom. The van der Waals surface area contributed by atoms with E-state index >= 15 is 0 Å². The summed E-state index contributed by atoms with van der Waals surface area (Å²) >= 11 is 0. The summed E-state index contributed by atoms with van der Waals surface area (Å²) < 4.78 is 37.1. The van der Waals surface area contributed by atoms with Crippen LogP contribution in [0.4, 0.5) is 17.1 Å². The molecule has 1 N–H and O–H groups in total. The molecule has 28 heavy (non-hydrogen) atoms. The van der Waals surface area contributed by atoms with Crippen LogP contribution in [0.2, 0.25) is 0 Å². The third kappa shape index (κ3) is 4.02. The molecule has 0 spiro atoms. The number of sulfonamides is 1. The second-order valence-corrected chi connectivity index (χ2v) is 8.21. The normalized spacial score (nSPS) is 14.6. The molecule has 0 radical (unpaired) electrons. The number of nitro groups is 1. The maximum Gasteiger partial charge on any atom is 0.294 e. The minimum absolute atomic E-state index is 0.0881. The number of nitrogens with zero attached hydrogens (tertiary/aromatic N) is 2. The van der Waals surface area contributed by atoms with Crippen molar-refractivity contribution in [3.8, 4) is 11.5 Å². The Morgan fingerprint density at radius 1 is 1.04 bits per heavy atom. The van der Waals surface area contributed by atoms with Crippen LogP contribution in [0.15, 0.2) is 41.3 Å². The number of anilines is 2. The molecule has 3 rings (SSSR count). The van der Waals surface area contributed by atoms with Crippen molar-refractivity contribution < 1.29 is 22.8 Å². The van der Waals surface area contributed by atoms with Gasteiger partial charge in [0.2, 0.25) is 10.0 Å². The molecule has 0 atom stereocenters. The van der Waals surface area contributed by atoms with Gasteiger partial charge in [-0.05, 0) is 25.0 Å². The highest BCUT2D eigenvalue weighted by Gasteiger charge is 2.29. The molecule has 2 aromatic rings. The van der Waals surface area contributed by atoms with Crippen molar-refractivity contribution in [2.24, 2.45) is 0 Å². The van der Waals surface area contributed by atoms with Gasteiger partial charge in [0.25, 0.3) is 5.69 Å². The number of hydrogen-bond acceptors (Lipinski definition) is 7. The summed E-state index contributed by atoms with van der Waals surface area (Å²) in [6, 6.07) is 8.84. The monoisotopic (exact) mass is 407 g/mol. The molecule has 1 aliphatic heterocycles. The molecule has 1 saturated heterocycles. The molecule has 9 nitrogen and oxygen atoms in total. The van der Waals surface area contributed by atoms with Crippen molar-refractivity contribution in [1.82, 2.24) is 4.31 Å². The Hall–Kier alpha value is -2.85. The predicted octanol–water partition coefficient (Wildman–Crippen LogP) is 3.14. The molecule has 0 aromatic heterocycles. The maximum absolute atomic E-state index is 12.7. The lowest BCUT2D eigenvalue weighted by atomic mass is 10.2. The highest BCUT2D eigenvalue weighted by atomic mass is 32.2. The average molecular weight is 407 g/mol. The summed E-state index contributed by atoms with van der Waals surface area (Å²) in [5.74, 6) is 1.02. The minimum Gasteiger partial charge on any atom is -0.497 e. The molecular weight excluding hydrogens is 386 g/mol. The molecule has 150 valence electrons. The van der Waals surface area contributed by atoms with Crippen molar-refractivity contribution in [3.63, 3.8) is 0 Å². The number of nitro benzene ring substituents is 1. The highest BCUT2D eigenvalue weighted by Crippen LogP contribution is 2.34. The fourth-order valence-corrected chi connectivity index (χ4v) is 4.58. The van der Waals surface area contributed by atoms with E-state index in [1.54, 1.807) is 18.2 Å². The maximum atomic E-state index is 12.7. The fraction of sp³-hybridized carbons (Fsp3) is 0.333. The van der Waals surface area contributed by atoms with E-state index in [0.29, 0.717) is 30.3 Å². The Bertz CT molecular complexity index is 965. The lowest BCUT2D eigenvalue weighted by Gasteiger charge is -2.16. The molecule has 0 saturated carbocycles. The van der Waals surface area contributed by atoms with Gasteiger partial charge in [0, 0.05) is 43.0 Å². The van der Waals surface area contributed by atoms with Crippen LogP contribution in [-0.4, -0.2) is 45.0 Å². The van der Waals surface area contributed by atoms with Gasteiger partial charge in [0.05, 0.1) is 24.0 Å². The largest absolute Gasteiger partial charge is 0.497 e. The zero-order valence-corrected chi connectivity index (χ0v) is 16.4. The molecule has 1 fully saturated rings. The molecule has 1 heterocycles. The topological polar surface area (TPSA) is 111 Å². The number of ether oxygens (including phenoxy) is 2. The number of nitrogens with one attached hydrogen (secondary N) is 1. The fourth-order valence-electron chi connectivity index (χ4n) is 3.04. The van der Waals surface area contributed by atoms with Gasteiger partial charge in [-0.2, -0.15) is 4.31 Å². The van der Waals surface area contributed by atoms with Crippen LogP contribution >= 0.6 is 0 Å². The van der Waals surface area contributed by atoms with Crippen LogP contribution in [0.1, 0.15) is 12.8 Å². The smallest absolute Gasteiger partial charge is 0.294 e. The third-order valence-electron chi connectivity index (χ3n) is 4.50. The van der Waals surface area contributed by atoms with E-state index in [2.05, 4.69) is 5.32 Å². The van der Waals surface area contributed by atoms with E-state index in [1.807, 2.05) is 0 Å². The summed E-state index contributed by atoms with van der Waals surface area (Å²) in [6.07, 6.45) is 1.58. The van der Waals surface area contributed by atoms with Crippen molar-refractivity contribution in [3.05, 3.63) is 46.5 Å². The molecule has 0 aliphatic carbocycles. The average Bonchev–Trinajstić information content (AvgIpc) is 3.23. The summed E-state index contributed by atoms with van der Waals surface area (Å²) in [5, 5.41) is 14.5. The van der Waals surface area contributed by atoms with Crippen LogP contribution in [-0.2, 0) is 10.0 Å². The first-order valence-corrected chi connectivity index (χ1v) is 10.1. The van der Waals surface area contributed by atoms with Crippen LogP contribution in [0.5, 0.6) is 11.5 Å². The Balaban J connectivity index is 1.97. The van der Waals surface area contributed by atoms with E-state index in [-0.39, 0.29) is 16.3 Å². The zero-order chi connectivity index (χ0) is 20.3. The standard InChI is InChI=1S/C18H21N3O6S/c1-26-14-9-13(10-15(11-14)27-2)19-17-6-5-16(12-18(17)21(22)23)28(24,25)20-7-3-4-8-20/h5-6,9-12,19H,3-4,7-8H2,1-2H3. The lowest BCUT2D eigenvalue weighted by Crippen LogP contribution is -2.27. The van der Waals surface area contributed by atoms with Crippen LogP contribution in [0.25, 0.3) is 0 Å². The first-order chi connectivity index (χ1) is 13.3. The second kappa shape index (κ2) is 8.03. The second-order valence-electron chi connectivity index (χ2n) is 6.27. The van der Waals surface area contributed by atoms with Gasteiger partial charge in [-0.25, -0.2) is 8.42 Å². The van der Waals surface area contributed by atoms with Gasteiger partial charge in [-0.15, -0.1) is 0 Å². The quantitative estimate of drug-likeness (QED) is 0.554. The summed E-state index contributed by atoms with van der Waals surface area (Å²) in [4.78, 5) is 10.9. The highest BCUT2D eigenvalue weighted by molar-refractivity contribution is 7.89. The molecule has 10 heteroatoms. The van der Waals surface area contributed by atoms with Crippen LogP contribution in [0, 0.1) is 10.1 Å². The first kappa shape index (κ1) is 19.9. The van der Waals surface area contributed by atoms with Crippen molar-refractivity contribution in [1.29, 1.82) is 0 Å². The van der Waals surface area contributed by atoms with Gasteiger partial charge in [-0.1, -0.05) is 0 Å². The molecular formula is C18H21N3O6S. The van der Waals surface area contributed by atoms with E-state index in [9.17, 15) is 18.5 Å². The zero-order valence-electron chi connectivity index (χ0n) is 15.5. The van der Waals surface area contributed by atoms with Crippen LogP contribution in [0.3, 0.4) is 0 Å². The predicted molar refractivity (Wildman–Crippen MR) is 104 cm³/mol. The molecule has 0 unspecified atom stereocenters. The van der Waals surface area contributed by atoms with Gasteiger partial charge >= 0.3 is 0 Å². The van der Waals surface area contributed by atoms with Crippen LogP contribution < -0.4 is 14.8 Å². The van der Waals surface area contributed by atoms with Gasteiger partial charge in [0.1, 0.15) is 17.2 Å². The third-order valence-corrected chi connectivity index (χ3v) is 6.39. The summed E-state index contributed by atoms with van der Waals surface area (Å²) in [7, 11) is -0.747. The Labute approximate surface area is 163 Å². The molecule has 1 aliphatic rings. The van der Waals surface area contributed by atoms with Gasteiger partial charge in [-0.3, -0.25) is 10.1 Å². The van der Waals surface area contributed by atoms with Gasteiger partial charge < -0.3 is 14.8 Å². The van der Waals surface area contributed by atoms with E-state index in [0.717, 1.165) is 18.9 Å². The number of rotatable bonds is 7.